The number of hydrazine groups is 1. The van der Waals surface area contributed by atoms with Gasteiger partial charge in [-0.2, -0.15) is 18.1 Å². The molecule has 2 aromatic carbocycles. The van der Waals surface area contributed by atoms with E-state index in [1.165, 1.54) is 19.2 Å². The highest BCUT2D eigenvalue weighted by atomic mass is 19.4. The van der Waals surface area contributed by atoms with Gasteiger partial charge in [0.05, 0.1) is 25.1 Å². The highest BCUT2D eigenvalue weighted by Crippen LogP contribution is 2.30. The van der Waals surface area contributed by atoms with Crippen molar-refractivity contribution in [3.63, 3.8) is 0 Å². The number of ether oxygens (including phenoxy) is 1. The van der Waals surface area contributed by atoms with Gasteiger partial charge in [-0.05, 0) is 61.3 Å². The Morgan fingerprint density at radius 1 is 1.12 bits per heavy atom. The second kappa shape index (κ2) is 10.8. The summed E-state index contributed by atoms with van der Waals surface area (Å²) in [6.07, 6.45) is -2.62. The minimum absolute atomic E-state index is 0.195. The molecule has 1 heterocycles. The van der Waals surface area contributed by atoms with Crippen molar-refractivity contribution in [3.8, 4) is 5.75 Å². The van der Waals surface area contributed by atoms with E-state index in [0.717, 1.165) is 43.1 Å². The van der Waals surface area contributed by atoms with Crippen LogP contribution < -0.4 is 10.6 Å². The fourth-order valence-electron chi connectivity index (χ4n) is 3.99. The molecule has 178 valence electrons. The van der Waals surface area contributed by atoms with Crippen LogP contribution in [-0.2, 0) is 17.4 Å². The molecule has 0 unspecified atom stereocenters. The van der Waals surface area contributed by atoms with Crippen LogP contribution in [0.2, 0.25) is 0 Å². The second-order valence-corrected chi connectivity index (χ2v) is 8.07. The number of rotatable bonds is 9. The van der Waals surface area contributed by atoms with E-state index in [9.17, 15) is 22.9 Å². The van der Waals surface area contributed by atoms with Crippen LogP contribution in [0.15, 0.2) is 53.7 Å². The molecule has 1 amide bonds. The third-order valence-corrected chi connectivity index (χ3v) is 5.86. The lowest BCUT2D eigenvalue weighted by atomic mass is 9.98. The first-order valence-corrected chi connectivity index (χ1v) is 10.6. The molecule has 1 aliphatic heterocycles. The van der Waals surface area contributed by atoms with E-state index in [1.54, 1.807) is 24.3 Å². The van der Waals surface area contributed by atoms with Crippen LogP contribution in [0.4, 0.5) is 13.2 Å². The normalized spacial score (nSPS) is 16.3. The molecular weight excluding hydrogens is 437 g/mol. The lowest BCUT2D eigenvalue weighted by molar-refractivity contribution is -0.137. The zero-order valence-corrected chi connectivity index (χ0v) is 18.3. The third kappa shape index (κ3) is 6.29. The van der Waals surface area contributed by atoms with Gasteiger partial charge in [0.15, 0.2) is 0 Å². The zero-order chi connectivity index (χ0) is 24.0. The lowest BCUT2D eigenvalue weighted by Gasteiger charge is -2.33. The van der Waals surface area contributed by atoms with Crippen molar-refractivity contribution in [2.24, 2.45) is 11.0 Å². The van der Waals surface area contributed by atoms with Crippen molar-refractivity contribution < 1.29 is 22.7 Å². The Bertz CT molecular complexity index is 929. The fraction of sp³-hybridized carbons (Fsp3) is 0.435. The summed E-state index contributed by atoms with van der Waals surface area (Å²) in [6.45, 7) is 2.01. The molecule has 1 aliphatic rings. The molecule has 3 rings (SSSR count). The van der Waals surface area contributed by atoms with E-state index >= 15 is 0 Å². The first-order valence-electron chi connectivity index (χ1n) is 10.6. The van der Waals surface area contributed by atoms with Crippen LogP contribution in [-0.4, -0.2) is 48.6 Å². The molecular formula is C23H27F3N4O3. The summed E-state index contributed by atoms with van der Waals surface area (Å²) in [5.41, 5.74) is 0.191. The zero-order valence-electron chi connectivity index (χ0n) is 18.3. The van der Waals surface area contributed by atoms with Gasteiger partial charge in [0.2, 0.25) is 5.91 Å². The number of carbonyl (C=O) groups excluding carboxylic acids is 1. The number of amides is 1. The number of likely N-dealkylation sites (tertiary alicyclic amines) is 1. The van der Waals surface area contributed by atoms with Crippen molar-refractivity contribution in [1.82, 2.24) is 9.91 Å². The SMILES string of the molecule is COc1ccc([C@@H](N=O)[C@@H](CN2CCCC2)N(N)C(=O)Cc2ccc(C(F)(F)F)cc2)cc1. The van der Waals surface area contributed by atoms with E-state index < -0.39 is 29.7 Å². The van der Waals surface area contributed by atoms with Crippen LogP contribution in [0.5, 0.6) is 5.75 Å². The largest absolute Gasteiger partial charge is 0.497 e. The van der Waals surface area contributed by atoms with Crippen LogP contribution in [0.1, 0.15) is 35.6 Å². The Morgan fingerprint density at radius 2 is 1.73 bits per heavy atom. The van der Waals surface area contributed by atoms with Gasteiger partial charge >= 0.3 is 6.18 Å². The molecule has 33 heavy (non-hydrogen) atoms. The topological polar surface area (TPSA) is 88.2 Å². The van der Waals surface area contributed by atoms with Gasteiger partial charge in [-0.1, -0.05) is 29.4 Å². The number of hydrogen-bond donors (Lipinski definition) is 1. The molecule has 2 N–H and O–H groups in total. The number of benzene rings is 2. The van der Waals surface area contributed by atoms with Crippen LogP contribution >= 0.6 is 0 Å². The second-order valence-electron chi connectivity index (χ2n) is 8.07. The molecule has 0 spiro atoms. The molecule has 0 aliphatic carbocycles. The maximum absolute atomic E-state index is 13.0. The smallest absolute Gasteiger partial charge is 0.416 e. The summed E-state index contributed by atoms with van der Waals surface area (Å²) in [6, 6.07) is 9.51. The number of halogens is 3. The fourth-order valence-corrected chi connectivity index (χ4v) is 3.99. The molecule has 1 fully saturated rings. The van der Waals surface area contributed by atoms with Gasteiger partial charge in [-0.15, -0.1) is 0 Å². The van der Waals surface area contributed by atoms with E-state index in [2.05, 4.69) is 10.1 Å². The van der Waals surface area contributed by atoms with Crippen molar-refractivity contribution in [1.29, 1.82) is 0 Å². The molecule has 10 heteroatoms. The lowest BCUT2D eigenvalue weighted by Crippen LogP contribution is -2.53. The van der Waals surface area contributed by atoms with Crippen molar-refractivity contribution in [2.45, 2.75) is 37.5 Å². The van der Waals surface area contributed by atoms with Gasteiger partial charge in [-0.25, -0.2) is 5.84 Å². The Kier molecular flexibility index (Phi) is 8.04. The summed E-state index contributed by atoms with van der Waals surface area (Å²) < 4.78 is 43.6. The third-order valence-electron chi connectivity index (χ3n) is 5.86. The van der Waals surface area contributed by atoms with Crippen molar-refractivity contribution in [2.75, 3.05) is 26.7 Å². The standard InChI is InChI=1S/C23H27F3N4O3/c1-33-19-10-6-17(7-11-19)22(28-32)20(15-29-12-2-3-13-29)30(27)21(31)14-16-4-8-18(9-5-16)23(24,25)26/h4-11,20,22H,2-3,12-15,27H2,1H3/t20-,22-/m1/s1. The molecule has 1 saturated heterocycles. The highest BCUT2D eigenvalue weighted by Gasteiger charge is 2.34. The minimum Gasteiger partial charge on any atom is -0.497 e. The molecule has 7 nitrogen and oxygen atoms in total. The number of hydrogen-bond acceptors (Lipinski definition) is 6. The number of nitrogens with zero attached hydrogens (tertiary/aromatic N) is 3. The van der Waals surface area contributed by atoms with Crippen molar-refractivity contribution >= 4 is 5.91 Å². The van der Waals surface area contributed by atoms with E-state index in [1.807, 2.05) is 0 Å². The van der Waals surface area contributed by atoms with E-state index in [-0.39, 0.29) is 6.42 Å². The number of carbonyl (C=O) groups is 1. The number of nitroso groups, excluding NO2 is 1. The van der Waals surface area contributed by atoms with Gasteiger partial charge in [0.1, 0.15) is 11.8 Å². The van der Waals surface area contributed by atoms with E-state index in [0.29, 0.717) is 23.4 Å². The molecule has 0 radical (unpaired) electrons. The van der Waals surface area contributed by atoms with Crippen molar-refractivity contribution in [3.05, 3.63) is 70.1 Å². The molecule has 0 saturated carbocycles. The van der Waals surface area contributed by atoms with Crippen LogP contribution in [0.3, 0.4) is 0 Å². The summed E-state index contributed by atoms with van der Waals surface area (Å²) in [4.78, 5) is 27.0. The van der Waals surface area contributed by atoms with Crippen LogP contribution in [0, 0.1) is 4.91 Å². The van der Waals surface area contributed by atoms with Crippen LogP contribution in [0.25, 0.3) is 0 Å². The Morgan fingerprint density at radius 3 is 2.24 bits per heavy atom. The first kappa shape index (κ1) is 24.7. The quantitative estimate of drug-likeness (QED) is 0.263. The summed E-state index contributed by atoms with van der Waals surface area (Å²) in [7, 11) is 1.53. The van der Waals surface area contributed by atoms with Gasteiger partial charge < -0.3 is 9.64 Å². The molecule has 2 aromatic rings. The highest BCUT2D eigenvalue weighted by molar-refractivity contribution is 5.78. The minimum atomic E-state index is -4.45. The first-order chi connectivity index (χ1) is 15.7. The summed E-state index contributed by atoms with van der Waals surface area (Å²) in [5, 5.41) is 4.30. The Labute approximate surface area is 190 Å². The summed E-state index contributed by atoms with van der Waals surface area (Å²) in [5.74, 6) is 6.31. The van der Waals surface area contributed by atoms with Gasteiger partial charge in [-0.3, -0.25) is 9.80 Å². The maximum Gasteiger partial charge on any atom is 0.416 e. The predicted octanol–water partition coefficient (Wildman–Crippen LogP) is 3.93. The Balaban J connectivity index is 1.80. The molecule has 0 bridgehead atoms. The number of methoxy groups -OCH3 is 1. The predicted molar refractivity (Wildman–Crippen MR) is 117 cm³/mol. The molecule has 2 atom stereocenters. The Hall–Kier alpha value is -2.98. The summed E-state index contributed by atoms with van der Waals surface area (Å²) >= 11 is 0. The average molecular weight is 464 g/mol. The van der Waals surface area contributed by atoms with Gasteiger partial charge in [0.25, 0.3) is 0 Å². The average Bonchev–Trinajstić information content (AvgIpc) is 3.32. The maximum atomic E-state index is 13.0. The monoisotopic (exact) mass is 464 g/mol. The number of alkyl halides is 3. The molecule has 0 aromatic heterocycles. The van der Waals surface area contributed by atoms with E-state index in [4.69, 9.17) is 10.6 Å². The number of nitrogens with two attached hydrogens (primary N) is 1. The van der Waals surface area contributed by atoms with Gasteiger partial charge in [0, 0.05) is 6.54 Å².